The molecule has 4 rings (SSSR count). The number of halogens is 4. The molecule has 0 heterocycles. The zero-order chi connectivity index (χ0) is 22.2. The van der Waals surface area contributed by atoms with E-state index < -0.39 is 12.1 Å². The number of hydrogen-bond acceptors (Lipinski definition) is 3. The van der Waals surface area contributed by atoms with Crippen molar-refractivity contribution in [1.82, 2.24) is 0 Å². The average molecular weight is 451 g/mol. The number of alkyl halides is 3. The quantitative estimate of drug-likeness (QED) is 0.364. The van der Waals surface area contributed by atoms with Crippen LogP contribution in [0.15, 0.2) is 48.5 Å². The van der Waals surface area contributed by atoms with Crippen LogP contribution in [0.3, 0.4) is 0 Å². The van der Waals surface area contributed by atoms with E-state index in [1.807, 2.05) is 18.2 Å². The molecule has 31 heavy (non-hydrogen) atoms. The van der Waals surface area contributed by atoms with Crippen LogP contribution in [0.5, 0.6) is 23.0 Å². The minimum absolute atomic E-state index is 0.000218. The fourth-order valence-electron chi connectivity index (χ4n) is 3.23. The normalized spacial score (nSPS) is 14.2. The van der Waals surface area contributed by atoms with Gasteiger partial charge in [-0.25, -0.2) is 0 Å². The summed E-state index contributed by atoms with van der Waals surface area (Å²) in [7, 11) is 0. The Labute approximate surface area is 183 Å². The van der Waals surface area contributed by atoms with Crippen LogP contribution >= 0.6 is 11.6 Å². The van der Waals surface area contributed by atoms with E-state index in [2.05, 4.69) is 30.7 Å². The number of rotatable bonds is 7. The number of fused-ring (bicyclic) bond motifs is 1. The summed E-state index contributed by atoms with van der Waals surface area (Å²) in [6.07, 6.45) is -2.89. The van der Waals surface area contributed by atoms with E-state index in [9.17, 15) is 13.2 Å². The number of hydrogen-bond donors (Lipinski definition) is 0. The van der Waals surface area contributed by atoms with Gasteiger partial charge in [0.25, 0.3) is 0 Å². The third kappa shape index (κ3) is 5.56. The van der Waals surface area contributed by atoms with E-state index in [4.69, 9.17) is 21.1 Å². The van der Waals surface area contributed by atoms with Gasteiger partial charge >= 0.3 is 6.36 Å². The molecule has 164 valence electrons. The average Bonchev–Trinajstić information content (AvgIpc) is 3.50. The van der Waals surface area contributed by atoms with Crippen LogP contribution in [0.2, 0.25) is 5.02 Å². The Morgan fingerprint density at radius 2 is 1.68 bits per heavy atom. The Hall–Kier alpha value is -2.60. The SMILES string of the molecule is CC(C)c1ccc2cc(Oc3cc(Cl)c(OCC4CC4)c(OC(F)(F)F)c3)ccc2c1. The first kappa shape index (κ1) is 21.6. The molecule has 1 aliphatic rings. The molecule has 0 saturated heterocycles. The second kappa shape index (κ2) is 8.50. The first-order valence-electron chi connectivity index (χ1n) is 10.1. The Bertz CT molecular complexity index is 1090. The predicted molar refractivity (Wildman–Crippen MR) is 114 cm³/mol. The van der Waals surface area contributed by atoms with Gasteiger partial charge in [0.1, 0.15) is 11.5 Å². The van der Waals surface area contributed by atoms with Gasteiger partial charge in [-0.1, -0.05) is 49.7 Å². The van der Waals surface area contributed by atoms with Crippen molar-refractivity contribution in [2.24, 2.45) is 5.92 Å². The predicted octanol–water partition coefficient (Wildman–Crippen LogP) is 8.10. The van der Waals surface area contributed by atoms with Crippen LogP contribution in [0.25, 0.3) is 10.8 Å². The second-order valence-corrected chi connectivity index (χ2v) is 8.47. The van der Waals surface area contributed by atoms with E-state index in [0.29, 0.717) is 24.2 Å². The monoisotopic (exact) mass is 450 g/mol. The van der Waals surface area contributed by atoms with Gasteiger partial charge in [0.15, 0.2) is 11.5 Å². The third-order valence-corrected chi connectivity index (χ3v) is 5.39. The number of benzene rings is 3. The maximum absolute atomic E-state index is 12.9. The maximum atomic E-state index is 12.9. The standard InChI is InChI=1S/C24H22ClF3O3/c1-14(2)16-5-6-18-10-19(8-7-17(18)9-16)30-20-11-21(25)23(29-13-15-3-4-15)22(12-20)31-24(26,27)28/h5-12,14-15H,3-4,13H2,1-2H3. The van der Waals surface area contributed by atoms with Gasteiger partial charge < -0.3 is 14.2 Å². The van der Waals surface area contributed by atoms with Gasteiger partial charge in [0.2, 0.25) is 0 Å². The Morgan fingerprint density at radius 3 is 2.35 bits per heavy atom. The molecule has 0 unspecified atom stereocenters. The van der Waals surface area contributed by atoms with Crippen LogP contribution < -0.4 is 14.2 Å². The maximum Gasteiger partial charge on any atom is 0.573 e. The molecule has 0 aliphatic heterocycles. The Morgan fingerprint density at radius 1 is 0.968 bits per heavy atom. The molecule has 0 N–H and O–H groups in total. The van der Waals surface area contributed by atoms with Crippen LogP contribution in [-0.4, -0.2) is 13.0 Å². The highest BCUT2D eigenvalue weighted by molar-refractivity contribution is 6.32. The van der Waals surface area contributed by atoms with Gasteiger partial charge in [-0.15, -0.1) is 13.2 Å². The van der Waals surface area contributed by atoms with Crippen LogP contribution in [0, 0.1) is 5.92 Å². The first-order chi connectivity index (χ1) is 14.7. The smallest absolute Gasteiger partial charge is 0.488 e. The summed E-state index contributed by atoms with van der Waals surface area (Å²) >= 11 is 6.22. The minimum atomic E-state index is -4.88. The highest BCUT2D eigenvalue weighted by Gasteiger charge is 2.34. The van der Waals surface area contributed by atoms with Gasteiger partial charge in [0.05, 0.1) is 11.6 Å². The molecule has 0 bridgehead atoms. The highest BCUT2D eigenvalue weighted by atomic mass is 35.5. The van der Waals surface area contributed by atoms with Crippen molar-refractivity contribution in [2.75, 3.05) is 6.61 Å². The summed E-state index contributed by atoms with van der Waals surface area (Å²) in [5.41, 5.74) is 1.23. The molecule has 1 saturated carbocycles. The van der Waals surface area contributed by atoms with Crippen LogP contribution in [0.1, 0.15) is 38.2 Å². The van der Waals surface area contributed by atoms with Crippen molar-refractivity contribution < 1.29 is 27.4 Å². The third-order valence-electron chi connectivity index (χ3n) is 5.11. The second-order valence-electron chi connectivity index (χ2n) is 8.06. The topological polar surface area (TPSA) is 27.7 Å². The summed E-state index contributed by atoms with van der Waals surface area (Å²) in [4.78, 5) is 0. The zero-order valence-electron chi connectivity index (χ0n) is 17.1. The lowest BCUT2D eigenvalue weighted by Crippen LogP contribution is -2.18. The van der Waals surface area contributed by atoms with Gasteiger partial charge in [-0.2, -0.15) is 0 Å². The van der Waals surface area contributed by atoms with Crippen molar-refractivity contribution in [3.05, 3.63) is 59.1 Å². The summed E-state index contributed by atoms with van der Waals surface area (Å²) in [6.45, 7) is 4.55. The fraction of sp³-hybridized carbons (Fsp3) is 0.333. The Balaban J connectivity index is 1.61. The fourth-order valence-corrected chi connectivity index (χ4v) is 3.49. The largest absolute Gasteiger partial charge is 0.573 e. The van der Waals surface area contributed by atoms with Crippen molar-refractivity contribution in [3.63, 3.8) is 0 Å². The molecule has 0 amide bonds. The molecule has 0 aromatic heterocycles. The first-order valence-corrected chi connectivity index (χ1v) is 10.5. The van der Waals surface area contributed by atoms with E-state index in [1.165, 1.54) is 11.6 Å². The van der Waals surface area contributed by atoms with E-state index in [0.717, 1.165) is 29.7 Å². The zero-order valence-corrected chi connectivity index (χ0v) is 17.9. The molecule has 0 radical (unpaired) electrons. The summed E-state index contributed by atoms with van der Waals surface area (Å²) in [6, 6.07) is 14.2. The molecule has 3 aromatic rings. The van der Waals surface area contributed by atoms with Crippen LogP contribution in [-0.2, 0) is 0 Å². The lowest BCUT2D eigenvalue weighted by Gasteiger charge is -2.17. The van der Waals surface area contributed by atoms with Crippen molar-refractivity contribution in [2.45, 2.75) is 39.0 Å². The van der Waals surface area contributed by atoms with Gasteiger partial charge in [-0.05, 0) is 53.1 Å². The molecule has 0 atom stereocenters. The lowest BCUT2D eigenvalue weighted by molar-refractivity contribution is -0.275. The van der Waals surface area contributed by atoms with Crippen LogP contribution in [0.4, 0.5) is 13.2 Å². The molecule has 7 heteroatoms. The van der Waals surface area contributed by atoms with E-state index >= 15 is 0 Å². The summed E-state index contributed by atoms with van der Waals surface area (Å²) in [5, 5.41) is 2.02. The van der Waals surface area contributed by atoms with Gasteiger partial charge in [0, 0.05) is 12.1 Å². The van der Waals surface area contributed by atoms with Crippen molar-refractivity contribution >= 4 is 22.4 Å². The molecule has 1 aliphatic carbocycles. The summed E-state index contributed by atoms with van der Waals surface area (Å²) < 4.78 is 54.3. The van der Waals surface area contributed by atoms with E-state index in [-0.39, 0.29) is 16.5 Å². The molecule has 0 spiro atoms. The molecular formula is C24H22ClF3O3. The molecule has 1 fully saturated rings. The molecular weight excluding hydrogens is 429 g/mol. The lowest BCUT2D eigenvalue weighted by atomic mass is 9.99. The van der Waals surface area contributed by atoms with Crippen molar-refractivity contribution in [1.29, 1.82) is 0 Å². The molecule has 3 aromatic carbocycles. The van der Waals surface area contributed by atoms with E-state index in [1.54, 1.807) is 6.07 Å². The number of ether oxygens (including phenoxy) is 3. The summed E-state index contributed by atoms with van der Waals surface area (Å²) in [5.74, 6) is 0.720. The van der Waals surface area contributed by atoms with Crippen molar-refractivity contribution in [3.8, 4) is 23.0 Å². The Kier molecular flexibility index (Phi) is 5.93. The van der Waals surface area contributed by atoms with Gasteiger partial charge in [-0.3, -0.25) is 0 Å². The molecule has 3 nitrogen and oxygen atoms in total. The highest BCUT2D eigenvalue weighted by Crippen LogP contribution is 2.44. The minimum Gasteiger partial charge on any atom is -0.488 e.